The third-order valence-electron chi connectivity index (χ3n) is 2.16. The molecule has 1 aliphatic rings. The van der Waals surface area contributed by atoms with Crippen LogP contribution in [0.5, 0.6) is 0 Å². The van der Waals surface area contributed by atoms with Gasteiger partial charge in [-0.2, -0.15) is 0 Å². The molecule has 0 bridgehead atoms. The molecule has 0 N–H and O–H groups in total. The SMILES string of the molecule is CC(C)c1cnc2c(c1)CC=N2. The average Bonchev–Trinajstić information content (AvgIpc) is 2.49. The van der Waals surface area contributed by atoms with E-state index in [1.165, 1.54) is 11.1 Å². The summed E-state index contributed by atoms with van der Waals surface area (Å²) in [6.45, 7) is 4.36. The molecule has 0 aliphatic carbocycles. The summed E-state index contributed by atoms with van der Waals surface area (Å²) in [5.74, 6) is 1.46. The van der Waals surface area contributed by atoms with Crippen molar-refractivity contribution in [2.45, 2.75) is 26.2 Å². The number of hydrogen-bond donors (Lipinski definition) is 0. The minimum atomic E-state index is 0.559. The van der Waals surface area contributed by atoms with Gasteiger partial charge in [0.15, 0.2) is 5.82 Å². The molecule has 2 nitrogen and oxygen atoms in total. The molecule has 1 aromatic rings. The minimum Gasteiger partial charge on any atom is -0.241 e. The second-order valence-corrected chi connectivity index (χ2v) is 3.42. The molecule has 2 heteroatoms. The number of aromatic nitrogens is 1. The van der Waals surface area contributed by atoms with E-state index in [1.807, 2.05) is 12.4 Å². The lowest BCUT2D eigenvalue weighted by Crippen LogP contribution is -1.91. The summed E-state index contributed by atoms with van der Waals surface area (Å²) in [6, 6.07) is 2.21. The second-order valence-electron chi connectivity index (χ2n) is 3.42. The summed E-state index contributed by atoms with van der Waals surface area (Å²) in [5, 5.41) is 0. The Morgan fingerprint density at radius 3 is 3.00 bits per heavy atom. The molecule has 0 amide bonds. The molecule has 1 aromatic heterocycles. The van der Waals surface area contributed by atoms with E-state index in [1.54, 1.807) is 0 Å². The Kier molecular flexibility index (Phi) is 1.68. The van der Waals surface area contributed by atoms with E-state index in [0.717, 1.165) is 12.2 Å². The molecule has 0 radical (unpaired) electrons. The van der Waals surface area contributed by atoms with Crippen molar-refractivity contribution in [1.29, 1.82) is 0 Å². The van der Waals surface area contributed by atoms with Gasteiger partial charge in [0.1, 0.15) is 0 Å². The van der Waals surface area contributed by atoms with Crippen LogP contribution in [0.3, 0.4) is 0 Å². The Morgan fingerprint density at radius 1 is 1.42 bits per heavy atom. The van der Waals surface area contributed by atoms with Gasteiger partial charge in [0.05, 0.1) is 0 Å². The van der Waals surface area contributed by atoms with E-state index in [2.05, 4.69) is 29.9 Å². The lowest BCUT2D eigenvalue weighted by atomic mass is 10.0. The third-order valence-corrected chi connectivity index (χ3v) is 2.16. The quantitative estimate of drug-likeness (QED) is 0.619. The highest BCUT2D eigenvalue weighted by atomic mass is 14.9. The predicted molar refractivity (Wildman–Crippen MR) is 50.2 cm³/mol. The summed E-state index contributed by atoms with van der Waals surface area (Å²) in [7, 11) is 0. The predicted octanol–water partition coefficient (Wildman–Crippen LogP) is 2.46. The molecule has 1 aliphatic heterocycles. The van der Waals surface area contributed by atoms with E-state index in [-0.39, 0.29) is 0 Å². The first-order valence-corrected chi connectivity index (χ1v) is 4.28. The number of aliphatic imine (C=N–C) groups is 1. The maximum Gasteiger partial charge on any atom is 0.155 e. The van der Waals surface area contributed by atoms with E-state index in [9.17, 15) is 0 Å². The number of nitrogens with zero attached hydrogens (tertiary/aromatic N) is 2. The zero-order valence-electron chi connectivity index (χ0n) is 7.41. The van der Waals surface area contributed by atoms with Crippen LogP contribution in [-0.4, -0.2) is 11.2 Å². The van der Waals surface area contributed by atoms with Crippen molar-refractivity contribution in [2.24, 2.45) is 4.99 Å². The van der Waals surface area contributed by atoms with Crippen molar-refractivity contribution in [3.8, 4) is 0 Å². The Labute approximate surface area is 72.4 Å². The maximum absolute atomic E-state index is 4.28. The van der Waals surface area contributed by atoms with Crippen LogP contribution in [0.25, 0.3) is 0 Å². The molecule has 0 unspecified atom stereocenters. The van der Waals surface area contributed by atoms with Crippen molar-refractivity contribution in [3.63, 3.8) is 0 Å². The number of fused-ring (bicyclic) bond motifs is 1. The Balaban J connectivity index is 2.42. The molecular weight excluding hydrogens is 148 g/mol. The Hall–Kier alpha value is -1.18. The van der Waals surface area contributed by atoms with Gasteiger partial charge in [-0.25, -0.2) is 9.98 Å². The molecule has 2 rings (SSSR count). The van der Waals surface area contributed by atoms with Crippen LogP contribution in [-0.2, 0) is 6.42 Å². The van der Waals surface area contributed by atoms with Gasteiger partial charge < -0.3 is 0 Å². The van der Waals surface area contributed by atoms with Gasteiger partial charge in [0.2, 0.25) is 0 Å². The van der Waals surface area contributed by atoms with Crippen LogP contribution in [0.2, 0.25) is 0 Å². The van der Waals surface area contributed by atoms with E-state index in [4.69, 9.17) is 0 Å². The lowest BCUT2D eigenvalue weighted by Gasteiger charge is -2.05. The fourth-order valence-corrected chi connectivity index (χ4v) is 1.33. The van der Waals surface area contributed by atoms with Crippen LogP contribution in [0.15, 0.2) is 17.3 Å². The summed E-state index contributed by atoms with van der Waals surface area (Å²) >= 11 is 0. The number of pyridine rings is 1. The first kappa shape index (κ1) is 7.47. The van der Waals surface area contributed by atoms with Gasteiger partial charge >= 0.3 is 0 Å². The minimum absolute atomic E-state index is 0.559. The van der Waals surface area contributed by atoms with Crippen molar-refractivity contribution in [3.05, 3.63) is 23.4 Å². The van der Waals surface area contributed by atoms with Gasteiger partial charge in [0.25, 0.3) is 0 Å². The van der Waals surface area contributed by atoms with E-state index < -0.39 is 0 Å². The summed E-state index contributed by atoms with van der Waals surface area (Å²) < 4.78 is 0. The number of rotatable bonds is 1. The highest BCUT2D eigenvalue weighted by Crippen LogP contribution is 2.24. The van der Waals surface area contributed by atoms with Gasteiger partial charge in [0, 0.05) is 24.4 Å². The molecule has 0 saturated heterocycles. The fraction of sp³-hybridized carbons (Fsp3) is 0.400. The van der Waals surface area contributed by atoms with Crippen LogP contribution in [0.4, 0.5) is 5.82 Å². The van der Waals surface area contributed by atoms with Crippen molar-refractivity contribution in [2.75, 3.05) is 0 Å². The lowest BCUT2D eigenvalue weighted by molar-refractivity contribution is 0.856. The van der Waals surface area contributed by atoms with Gasteiger partial charge in [-0.05, 0) is 17.5 Å². The molecule has 0 spiro atoms. The van der Waals surface area contributed by atoms with Gasteiger partial charge in [-0.1, -0.05) is 13.8 Å². The Morgan fingerprint density at radius 2 is 2.25 bits per heavy atom. The van der Waals surface area contributed by atoms with Crippen LogP contribution in [0, 0.1) is 0 Å². The van der Waals surface area contributed by atoms with Crippen LogP contribution in [0.1, 0.15) is 30.9 Å². The molecular formula is C10H12N2. The van der Waals surface area contributed by atoms with Crippen LogP contribution < -0.4 is 0 Å². The summed E-state index contributed by atoms with van der Waals surface area (Å²) in [4.78, 5) is 8.45. The normalized spacial score (nSPS) is 13.9. The topological polar surface area (TPSA) is 25.2 Å². The van der Waals surface area contributed by atoms with Gasteiger partial charge in [-0.15, -0.1) is 0 Å². The first-order valence-electron chi connectivity index (χ1n) is 4.28. The number of hydrogen-bond acceptors (Lipinski definition) is 2. The van der Waals surface area contributed by atoms with E-state index >= 15 is 0 Å². The molecule has 0 aromatic carbocycles. The third kappa shape index (κ3) is 1.13. The van der Waals surface area contributed by atoms with Crippen molar-refractivity contribution in [1.82, 2.24) is 4.98 Å². The molecule has 0 atom stereocenters. The molecule has 0 saturated carbocycles. The molecule has 0 fully saturated rings. The molecule has 62 valence electrons. The highest BCUT2D eigenvalue weighted by molar-refractivity contribution is 5.73. The fourth-order valence-electron chi connectivity index (χ4n) is 1.33. The standard InChI is InChI=1S/C10H12N2/c1-7(2)9-5-8-3-4-11-10(8)12-6-9/h4-7H,3H2,1-2H3. The highest BCUT2D eigenvalue weighted by Gasteiger charge is 2.09. The first-order chi connectivity index (χ1) is 5.77. The van der Waals surface area contributed by atoms with Gasteiger partial charge in [-0.3, -0.25) is 0 Å². The molecule has 12 heavy (non-hydrogen) atoms. The van der Waals surface area contributed by atoms with E-state index in [0.29, 0.717) is 5.92 Å². The zero-order valence-corrected chi connectivity index (χ0v) is 7.41. The second kappa shape index (κ2) is 2.70. The van der Waals surface area contributed by atoms with Crippen LogP contribution >= 0.6 is 0 Å². The zero-order chi connectivity index (χ0) is 8.55. The summed E-state index contributed by atoms with van der Waals surface area (Å²) in [5.41, 5.74) is 2.57. The largest absolute Gasteiger partial charge is 0.241 e. The van der Waals surface area contributed by atoms with Crippen molar-refractivity contribution >= 4 is 12.0 Å². The maximum atomic E-state index is 4.28. The van der Waals surface area contributed by atoms with Crippen molar-refractivity contribution < 1.29 is 0 Å². The summed E-state index contributed by atoms with van der Waals surface area (Å²) in [6.07, 6.45) is 4.79. The monoisotopic (exact) mass is 160 g/mol. The smallest absolute Gasteiger partial charge is 0.155 e. The average molecular weight is 160 g/mol. The molecule has 2 heterocycles. The Bertz CT molecular complexity index is 327.